The van der Waals surface area contributed by atoms with Crippen molar-refractivity contribution in [3.05, 3.63) is 194 Å². The van der Waals surface area contributed by atoms with Gasteiger partial charge in [-0.3, -0.25) is 0 Å². The van der Waals surface area contributed by atoms with Crippen LogP contribution in [-0.4, -0.2) is 4.57 Å². The SMILES string of the molecule is c1ccc(-n2c3ccccc3c3cc(N(c4ccc(-c5ccc6ccccc6c5)cc4)c4ccc5ccc6ccccc6c5c4)ccc32)cc1. The molecule has 0 bridgehead atoms. The fraction of sp³-hybridized carbons (Fsp3) is 0. The molecule has 2 nitrogen and oxygen atoms in total. The van der Waals surface area contributed by atoms with E-state index in [-0.39, 0.29) is 0 Å². The Morgan fingerprint density at radius 1 is 0.300 bits per heavy atom. The molecule has 2 heteroatoms. The van der Waals surface area contributed by atoms with Crippen molar-refractivity contribution in [1.82, 2.24) is 4.57 Å². The lowest BCUT2D eigenvalue weighted by atomic mass is 10.00. The van der Waals surface area contributed by atoms with E-state index in [0.717, 1.165) is 22.7 Å². The molecule has 0 aliphatic carbocycles. The van der Waals surface area contributed by atoms with E-state index in [1.807, 2.05) is 0 Å². The first-order chi connectivity index (χ1) is 24.8. The van der Waals surface area contributed by atoms with Crippen LogP contribution in [0.1, 0.15) is 0 Å². The Hall–Kier alpha value is -6.64. The normalized spacial score (nSPS) is 11.6. The summed E-state index contributed by atoms with van der Waals surface area (Å²) in [6, 6.07) is 70.6. The second-order valence-corrected chi connectivity index (χ2v) is 13.0. The third kappa shape index (κ3) is 4.65. The molecule has 0 atom stereocenters. The van der Waals surface area contributed by atoms with Gasteiger partial charge in [0.15, 0.2) is 0 Å². The molecule has 0 N–H and O–H groups in total. The molecule has 0 saturated carbocycles. The molecule has 1 heterocycles. The smallest absolute Gasteiger partial charge is 0.0542 e. The summed E-state index contributed by atoms with van der Waals surface area (Å²) >= 11 is 0. The van der Waals surface area contributed by atoms with Gasteiger partial charge >= 0.3 is 0 Å². The van der Waals surface area contributed by atoms with E-state index in [1.54, 1.807) is 0 Å². The van der Waals surface area contributed by atoms with E-state index in [9.17, 15) is 0 Å². The molecule has 10 aromatic rings. The third-order valence-corrected chi connectivity index (χ3v) is 10.1. The Balaban J connectivity index is 1.17. The molecule has 0 amide bonds. The van der Waals surface area contributed by atoms with Crippen LogP contribution in [0.5, 0.6) is 0 Å². The molecular weight excluding hydrogens is 605 g/mol. The largest absolute Gasteiger partial charge is 0.310 e. The minimum Gasteiger partial charge on any atom is -0.310 e. The molecule has 0 saturated heterocycles. The van der Waals surface area contributed by atoms with Gasteiger partial charge in [-0.15, -0.1) is 0 Å². The Labute approximate surface area is 290 Å². The van der Waals surface area contributed by atoms with Gasteiger partial charge in [-0.25, -0.2) is 0 Å². The van der Waals surface area contributed by atoms with Crippen LogP contribution in [0, 0.1) is 0 Å². The van der Waals surface area contributed by atoms with Crippen LogP contribution in [0.2, 0.25) is 0 Å². The van der Waals surface area contributed by atoms with Crippen LogP contribution in [-0.2, 0) is 0 Å². The zero-order valence-corrected chi connectivity index (χ0v) is 27.4. The van der Waals surface area contributed by atoms with E-state index < -0.39 is 0 Å². The van der Waals surface area contributed by atoms with Crippen LogP contribution in [0.3, 0.4) is 0 Å². The molecule has 0 fully saturated rings. The Morgan fingerprint density at radius 2 is 0.840 bits per heavy atom. The van der Waals surface area contributed by atoms with Gasteiger partial charge in [0.25, 0.3) is 0 Å². The van der Waals surface area contributed by atoms with Gasteiger partial charge in [0.05, 0.1) is 11.0 Å². The van der Waals surface area contributed by atoms with Gasteiger partial charge in [0.2, 0.25) is 0 Å². The van der Waals surface area contributed by atoms with Crippen molar-refractivity contribution in [2.24, 2.45) is 0 Å². The van der Waals surface area contributed by atoms with Crippen LogP contribution in [0.25, 0.3) is 70.9 Å². The van der Waals surface area contributed by atoms with Crippen molar-refractivity contribution in [2.75, 3.05) is 4.90 Å². The number of rotatable bonds is 5. The molecule has 0 spiro atoms. The second-order valence-electron chi connectivity index (χ2n) is 13.0. The number of anilines is 3. The highest BCUT2D eigenvalue weighted by atomic mass is 15.1. The maximum Gasteiger partial charge on any atom is 0.0542 e. The summed E-state index contributed by atoms with van der Waals surface area (Å²) in [5.41, 5.74) is 9.32. The topological polar surface area (TPSA) is 8.17 Å². The fourth-order valence-corrected chi connectivity index (χ4v) is 7.70. The molecule has 10 rings (SSSR count). The number of hydrogen-bond donors (Lipinski definition) is 0. The highest BCUT2D eigenvalue weighted by Crippen LogP contribution is 2.41. The van der Waals surface area contributed by atoms with Crippen LogP contribution in [0.15, 0.2) is 194 Å². The van der Waals surface area contributed by atoms with E-state index in [4.69, 9.17) is 0 Å². The molecule has 0 aliphatic heterocycles. The lowest BCUT2D eigenvalue weighted by molar-refractivity contribution is 1.18. The number of benzene rings is 9. The van der Waals surface area contributed by atoms with E-state index in [0.29, 0.717) is 0 Å². The standard InChI is InChI=1S/C48H32N2/c1-2-13-39(14-3-1)50-47-17-9-8-16-44(47)46-32-42(28-29-48(46)50)49(41-27-24-36-20-19-35-11-6-7-15-43(35)45(36)31-41)40-25-22-34(23-26-40)38-21-18-33-10-4-5-12-37(33)30-38/h1-32H. The van der Waals surface area contributed by atoms with E-state index in [1.165, 1.54) is 65.3 Å². The molecule has 0 unspecified atom stereocenters. The van der Waals surface area contributed by atoms with Crippen molar-refractivity contribution in [1.29, 1.82) is 0 Å². The van der Waals surface area contributed by atoms with Crippen molar-refractivity contribution < 1.29 is 0 Å². The molecule has 9 aromatic carbocycles. The summed E-state index contributed by atoms with van der Waals surface area (Å²) in [7, 11) is 0. The summed E-state index contributed by atoms with van der Waals surface area (Å²) in [5.74, 6) is 0. The Bertz CT molecular complexity index is 2860. The monoisotopic (exact) mass is 636 g/mol. The number of para-hydroxylation sites is 2. The fourth-order valence-electron chi connectivity index (χ4n) is 7.70. The van der Waals surface area contributed by atoms with Crippen molar-refractivity contribution in [2.45, 2.75) is 0 Å². The van der Waals surface area contributed by atoms with Crippen molar-refractivity contribution in [3.63, 3.8) is 0 Å². The molecule has 0 radical (unpaired) electrons. The highest BCUT2D eigenvalue weighted by molar-refractivity contribution is 6.12. The zero-order valence-electron chi connectivity index (χ0n) is 27.4. The maximum atomic E-state index is 2.40. The average Bonchev–Trinajstić information content (AvgIpc) is 3.52. The number of aromatic nitrogens is 1. The summed E-state index contributed by atoms with van der Waals surface area (Å²) in [4.78, 5) is 2.40. The number of hydrogen-bond acceptors (Lipinski definition) is 1. The second kappa shape index (κ2) is 11.5. The first-order valence-electron chi connectivity index (χ1n) is 17.2. The highest BCUT2D eigenvalue weighted by Gasteiger charge is 2.18. The quantitative estimate of drug-likeness (QED) is 0.171. The molecule has 1 aromatic heterocycles. The van der Waals surface area contributed by atoms with Gasteiger partial charge in [-0.2, -0.15) is 0 Å². The predicted octanol–water partition coefficient (Wildman–Crippen LogP) is 13.4. The van der Waals surface area contributed by atoms with Crippen LogP contribution in [0.4, 0.5) is 17.1 Å². The van der Waals surface area contributed by atoms with Crippen LogP contribution >= 0.6 is 0 Å². The minimum atomic E-state index is 1.11. The van der Waals surface area contributed by atoms with Gasteiger partial charge < -0.3 is 9.47 Å². The summed E-state index contributed by atoms with van der Waals surface area (Å²) in [6.07, 6.45) is 0. The number of nitrogens with zero attached hydrogens (tertiary/aromatic N) is 2. The minimum absolute atomic E-state index is 1.11. The molecule has 0 aliphatic rings. The van der Waals surface area contributed by atoms with Gasteiger partial charge in [-0.05, 0) is 110 Å². The van der Waals surface area contributed by atoms with Crippen molar-refractivity contribution >= 4 is 71.2 Å². The average molecular weight is 637 g/mol. The van der Waals surface area contributed by atoms with E-state index in [2.05, 4.69) is 204 Å². The number of fused-ring (bicyclic) bond motifs is 7. The predicted molar refractivity (Wildman–Crippen MR) is 213 cm³/mol. The first-order valence-corrected chi connectivity index (χ1v) is 17.2. The Kier molecular flexibility index (Phi) is 6.53. The maximum absolute atomic E-state index is 2.40. The van der Waals surface area contributed by atoms with E-state index >= 15 is 0 Å². The molecule has 50 heavy (non-hydrogen) atoms. The van der Waals surface area contributed by atoms with Crippen molar-refractivity contribution in [3.8, 4) is 16.8 Å². The van der Waals surface area contributed by atoms with Gasteiger partial charge in [-0.1, -0.05) is 127 Å². The summed E-state index contributed by atoms with van der Waals surface area (Å²) in [6.45, 7) is 0. The molecular formula is C48H32N2. The first kappa shape index (κ1) is 28.4. The summed E-state index contributed by atoms with van der Waals surface area (Å²) in [5, 5.41) is 9.98. The van der Waals surface area contributed by atoms with Gasteiger partial charge in [0, 0.05) is 33.5 Å². The van der Waals surface area contributed by atoms with Crippen LogP contribution < -0.4 is 4.90 Å². The van der Waals surface area contributed by atoms with Gasteiger partial charge in [0.1, 0.15) is 0 Å². The summed E-state index contributed by atoms with van der Waals surface area (Å²) < 4.78 is 2.37. The third-order valence-electron chi connectivity index (χ3n) is 10.1. The Morgan fingerprint density at radius 3 is 1.66 bits per heavy atom. The lowest BCUT2D eigenvalue weighted by Crippen LogP contribution is -2.10. The zero-order chi connectivity index (χ0) is 33.0. The molecule has 234 valence electrons. The lowest BCUT2D eigenvalue weighted by Gasteiger charge is -2.26.